The Kier molecular flexibility index (Phi) is 8.90. The summed E-state index contributed by atoms with van der Waals surface area (Å²) in [5.41, 5.74) is 0.874. The van der Waals surface area contributed by atoms with Crippen molar-refractivity contribution in [2.45, 2.75) is 20.1 Å². The van der Waals surface area contributed by atoms with Gasteiger partial charge in [-0.2, -0.15) is 0 Å². The number of thioether (sulfide) groups is 1. The van der Waals surface area contributed by atoms with Crippen LogP contribution in [0.2, 0.25) is 5.02 Å². The van der Waals surface area contributed by atoms with Gasteiger partial charge in [0.25, 0.3) is 16.8 Å². The van der Waals surface area contributed by atoms with E-state index >= 15 is 0 Å². The fourth-order valence-electron chi connectivity index (χ4n) is 3.67. The van der Waals surface area contributed by atoms with Gasteiger partial charge in [-0.25, -0.2) is 4.39 Å². The highest BCUT2D eigenvalue weighted by Crippen LogP contribution is 2.39. The number of hydrogen-bond acceptors (Lipinski definition) is 7. The summed E-state index contributed by atoms with van der Waals surface area (Å²) in [6, 6.07) is 13.7. The highest BCUT2D eigenvalue weighted by Gasteiger charge is 2.36. The lowest BCUT2D eigenvalue weighted by Gasteiger charge is -2.16. The normalized spacial score (nSPS) is 14.3. The van der Waals surface area contributed by atoms with E-state index in [0.29, 0.717) is 27.2 Å². The van der Waals surface area contributed by atoms with Crippen LogP contribution in [0.3, 0.4) is 0 Å². The van der Waals surface area contributed by atoms with E-state index in [1.807, 2.05) is 22.6 Å². The summed E-state index contributed by atoms with van der Waals surface area (Å²) in [7, 11) is 0. The van der Waals surface area contributed by atoms with Gasteiger partial charge in [-0.05, 0) is 77.2 Å². The number of carbonyl (C=O) groups excluding carboxylic acids is 2. The van der Waals surface area contributed by atoms with Crippen LogP contribution in [-0.4, -0.2) is 27.6 Å². The second-order valence-electron chi connectivity index (χ2n) is 7.91. The maximum Gasteiger partial charge on any atom is 0.293 e. The van der Waals surface area contributed by atoms with Gasteiger partial charge in [0.1, 0.15) is 12.4 Å². The number of nitro benzene ring substituents is 1. The van der Waals surface area contributed by atoms with Crippen molar-refractivity contribution in [2.75, 3.05) is 6.61 Å². The molecule has 0 radical (unpaired) electrons. The van der Waals surface area contributed by atoms with Crippen LogP contribution in [0.15, 0.2) is 59.5 Å². The zero-order valence-corrected chi connectivity index (χ0v) is 23.5. The number of imide groups is 1. The number of hydrogen-bond donors (Lipinski definition) is 0. The van der Waals surface area contributed by atoms with E-state index in [4.69, 9.17) is 21.1 Å². The summed E-state index contributed by atoms with van der Waals surface area (Å²) in [4.78, 5) is 37.5. The lowest BCUT2D eigenvalue weighted by Crippen LogP contribution is -2.27. The second-order valence-corrected chi connectivity index (χ2v) is 10.5. The Hall–Kier alpha value is -3.16. The largest absolute Gasteiger partial charge is 0.490 e. The third-order valence-corrected chi connectivity index (χ3v) is 7.51. The number of carbonyl (C=O) groups is 2. The summed E-state index contributed by atoms with van der Waals surface area (Å²) >= 11 is 8.90. The summed E-state index contributed by atoms with van der Waals surface area (Å²) in [6.07, 6.45) is 1.55. The minimum atomic E-state index is -0.555. The van der Waals surface area contributed by atoms with E-state index in [1.165, 1.54) is 30.3 Å². The highest BCUT2D eigenvalue weighted by molar-refractivity contribution is 14.1. The Labute approximate surface area is 240 Å². The number of benzene rings is 3. The van der Waals surface area contributed by atoms with Crippen LogP contribution >= 0.6 is 46.0 Å². The molecular formula is C26H19ClFIN2O6S. The first-order chi connectivity index (χ1) is 18.2. The van der Waals surface area contributed by atoms with Gasteiger partial charge < -0.3 is 9.47 Å². The lowest BCUT2D eigenvalue weighted by atomic mass is 10.1. The number of ether oxygens (including phenoxy) is 2. The van der Waals surface area contributed by atoms with Crippen LogP contribution < -0.4 is 9.47 Å². The van der Waals surface area contributed by atoms with Crippen molar-refractivity contribution in [2.24, 2.45) is 0 Å². The number of rotatable bonds is 9. The molecule has 3 aromatic carbocycles. The minimum Gasteiger partial charge on any atom is -0.490 e. The van der Waals surface area contributed by atoms with Crippen molar-refractivity contribution in [1.82, 2.24) is 4.90 Å². The maximum absolute atomic E-state index is 14.2. The van der Waals surface area contributed by atoms with Crippen LogP contribution in [0, 0.1) is 19.5 Å². The van der Waals surface area contributed by atoms with Crippen molar-refractivity contribution in [1.29, 1.82) is 0 Å². The van der Waals surface area contributed by atoms with Gasteiger partial charge in [0.15, 0.2) is 11.5 Å². The average Bonchev–Trinajstić information content (AvgIpc) is 3.12. The van der Waals surface area contributed by atoms with Crippen LogP contribution in [0.5, 0.6) is 11.5 Å². The lowest BCUT2D eigenvalue weighted by molar-refractivity contribution is -0.385. The molecule has 8 nitrogen and oxygen atoms in total. The molecule has 1 aliphatic rings. The molecule has 0 aromatic heterocycles. The van der Waals surface area contributed by atoms with Crippen molar-refractivity contribution in [3.05, 3.63) is 101 Å². The molecule has 1 heterocycles. The van der Waals surface area contributed by atoms with Gasteiger partial charge in [0.2, 0.25) is 0 Å². The van der Waals surface area contributed by atoms with E-state index in [-0.39, 0.29) is 39.9 Å². The quantitative estimate of drug-likeness (QED) is 0.103. The molecule has 0 saturated carbocycles. The smallest absolute Gasteiger partial charge is 0.293 e. The first-order valence-electron chi connectivity index (χ1n) is 11.2. The minimum absolute atomic E-state index is 0.120. The molecule has 38 heavy (non-hydrogen) atoms. The van der Waals surface area contributed by atoms with E-state index in [2.05, 4.69) is 0 Å². The Balaban J connectivity index is 1.58. The fraction of sp³-hybridized carbons (Fsp3) is 0.154. The topological polar surface area (TPSA) is 99.0 Å². The molecule has 0 atom stereocenters. The van der Waals surface area contributed by atoms with Crippen molar-refractivity contribution >= 4 is 68.9 Å². The molecule has 1 aliphatic heterocycles. The molecule has 0 aliphatic carbocycles. The monoisotopic (exact) mass is 668 g/mol. The van der Waals surface area contributed by atoms with Gasteiger partial charge in [-0.15, -0.1) is 0 Å². The van der Waals surface area contributed by atoms with E-state index in [0.717, 1.165) is 16.7 Å². The molecule has 196 valence electrons. The van der Waals surface area contributed by atoms with Crippen LogP contribution in [0.1, 0.15) is 23.6 Å². The fourth-order valence-corrected chi connectivity index (χ4v) is 5.51. The van der Waals surface area contributed by atoms with Gasteiger partial charge in [0.05, 0.1) is 31.6 Å². The molecule has 3 aromatic rings. The molecule has 0 spiro atoms. The molecule has 0 bridgehead atoms. The first-order valence-corrected chi connectivity index (χ1v) is 13.5. The molecule has 2 amide bonds. The third kappa shape index (κ3) is 6.11. The molecular weight excluding hydrogens is 650 g/mol. The van der Waals surface area contributed by atoms with E-state index < -0.39 is 21.9 Å². The third-order valence-electron chi connectivity index (χ3n) is 5.44. The number of halogens is 3. The van der Waals surface area contributed by atoms with Gasteiger partial charge in [-0.3, -0.25) is 24.6 Å². The van der Waals surface area contributed by atoms with E-state index in [1.54, 1.807) is 37.3 Å². The Morgan fingerprint density at radius 3 is 2.63 bits per heavy atom. The SMILES string of the molecule is CCOc1cc(/C=C2\SC(=O)N(Cc3ccccc3[N+](=O)[O-])C2=O)cc(I)c1OCc1c(F)cccc1Cl. The van der Waals surface area contributed by atoms with Crippen LogP contribution in [-0.2, 0) is 17.9 Å². The molecule has 4 rings (SSSR count). The molecule has 12 heteroatoms. The molecule has 0 unspecified atom stereocenters. The van der Waals surface area contributed by atoms with E-state index in [9.17, 15) is 24.1 Å². The molecule has 0 N–H and O–H groups in total. The van der Waals surface area contributed by atoms with Crippen molar-refractivity contribution < 1.29 is 28.4 Å². The summed E-state index contributed by atoms with van der Waals surface area (Å²) in [5.74, 6) is -0.287. The second kappa shape index (κ2) is 12.1. The summed E-state index contributed by atoms with van der Waals surface area (Å²) in [6.45, 7) is 1.78. The standard InChI is InChI=1S/C26H19ClFIN2O6S/c1-2-36-22-11-15(10-20(29)24(22)37-14-17-18(27)7-5-8-19(17)28)12-23-25(32)30(26(33)38-23)13-16-6-3-4-9-21(16)31(34)35/h3-12H,2,13-14H2,1H3/b23-12-. The van der Waals surface area contributed by atoms with Crippen molar-refractivity contribution in [3.8, 4) is 11.5 Å². The Morgan fingerprint density at radius 2 is 1.92 bits per heavy atom. The van der Waals surface area contributed by atoms with Crippen LogP contribution in [0.25, 0.3) is 6.08 Å². The Morgan fingerprint density at radius 1 is 1.16 bits per heavy atom. The van der Waals surface area contributed by atoms with Crippen LogP contribution in [0.4, 0.5) is 14.9 Å². The van der Waals surface area contributed by atoms with Gasteiger partial charge in [0, 0.05) is 17.2 Å². The van der Waals surface area contributed by atoms with Gasteiger partial charge in [-0.1, -0.05) is 35.9 Å². The summed E-state index contributed by atoms with van der Waals surface area (Å²) in [5, 5.41) is 11.0. The average molecular weight is 669 g/mol. The zero-order valence-electron chi connectivity index (χ0n) is 19.8. The predicted molar refractivity (Wildman–Crippen MR) is 151 cm³/mol. The first kappa shape index (κ1) is 27.9. The van der Waals surface area contributed by atoms with Crippen molar-refractivity contribution in [3.63, 3.8) is 0 Å². The number of nitrogens with zero attached hydrogens (tertiary/aromatic N) is 2. The number of nitro groups is 1. The molecule has 1 fully saturated rings. The maximum atomic E-state index is 14.2. The number of amides is 2. The van der Waals surface area contributed by atoms with Gasteiger partial charge >= 0.3 is 0 Å². The summed E-state index contributed by atoms with van der Waals surface area (Å²) < 4.78 is 26.4. The zero-order chi connectivity index (χ0) is 27.4. The number of para-hydroxylation sites is 1. The highest BCUT2D eigenvalue weighted by atomic mass is 127. The predicted octanol–water partition coefficient (Wildman–Crippen LogP) is 7.21. The Bertz CT molecular complexity index is 1450. The molecule has 1 saturated heterocycles.